The zero-order chi connectivity index (χ0) is 20.1. The SMILES string of the molecule is N#CC1CC(F)(F)CCN1C(=O)CNC(=O)c1ccncc1-c1ccccc1. The molecule has 1 aromatic carbocycles. The Hall–Kier alpha value is -3.34. The molecule has 1 fully saturated rings. The predicted octanol–water partition coefficient (Wildman–Crippen LogP) is 2.63. The average Bonchev–Trinajstić information content (AvgIpc) is 2.71. The molecule has 1 saturated heterocycles. The Balaban J connectivity index is 1.68. The molecule has 6 nitrogen and oxygen atoms in total. The number of pyridine rings is 1. The maximum atomic E-state index is 13.5. The van der Waals surface area contributed by atoms with Gasteiger partial charge in [0.2, 0.25) is 5.91 Å². The van der Waals surface area contributed by atoms with Crippen molar-refractivity contribution in [3.63, 3.8) is 0 Å². The van der Waals surface area contributed by atoms with E-state index < -0.39 is 36.6 Å². The van der Waals surface area contributed by atoms with Gasteiger partial charge in [0.05, 0.1) is 18.2 Å². The van der Waals surface area contributed by atoms with Gasteiger partial charge in [0, 0.05) is 37.3 Å². The van der Waals surface area contributed by atoms with Crippen LogP contribution in [0.15, 0.2) is 48.8 Å². The fraction of sp³-hybridized carbons (Fsp3) is 0.300. The number of hydrogen-bond donors (Lipinski definition) is 1. The fourth-order valence-electron chi connectivity index (χ4n) is 3.14. The Morgan fingerprint density at radius 3 is 2.75 bits per heavy atom. The van der Waals surface area contributed by atoms with Crippen LogP contribution in [0.4, 0.5) is 8.78 Å². The number of likely N-dealkylation sites (tertiary alicyclic amines) is 1. The Kier molecular flexibility index (Phi) is 5.64. The van der Waals surface area contributed by atoms with Crippen LogP contribution in [-0.4, -0.2) is 46.8 Å². The zero-order valence-corrected chi connectivity index (χ0v) is 14.9. The number of carbonyl (C=O) groups excluding carboxylic acids is 2. The largest absolute Gasteiger partial charge is 0.343 e. The van der Waals surface area contributed by atoms with E-state index in [2.05, 4.69) is 10.3 Å². The van der Waals surface area contributed by atoms with Gasteiger partial charge in [-0.15, -0.1) is 0 Å². The maximum Gasteiger partial charge on any atom is 0.252 e. The number of halogens is 2. The lowest BCUT2D eigenvalue weighted by Gasteiger charge is -2.35. The van der Waals surface area contributed by atoms with Crippen LogP contribution < -0.4 is 5.32 Å². The summed E-state index contributed by atoms with van der Waals surface area (Å²) in [6.07, 6.45) is 1.85. The van der Waals surface area contributed by atoms with Crippen LogP contribution in [-0.2, 0) is 4.79 Å². The topological polar surface area (TPSA) is 86.1 Å². The first-order chi connectivity index (χ1) is 13.4. The van der Waals surface area contributed by atoms with E-state index in [1.165, 1.54) is 6.20 Å². The molecule has 8 heteroatoms. The first kappa shape index (κ1) is 19.4. The van der Waals surface area contributed by atoms with E-state index in [9.17, 15) is 18.4 Å². The molecule has 1 aliphatic heterocycles. The summed E-state index contributed by atoms with van der Waals surface area (Å²) in [6.45, 7) is -0.594. The van der Waals surface area contributed by atoms with Crippen molar-refractivity contribution in [3.8, 4) is 17.2 Å². The summed E-state index contributed by atoms with van der Waals surface area (Å²) in [4.78, 5) is 30.1. The quantitative estimate of drug-likeness (QED) is 0.878. The third-order valence-corrected chi connectivity index (χ3v) is 4.61. The smallest absolute Gasteiger partial charge is 0.252 e. The van der Waals surface area contributed by atoms with Crippen molar-refractivity contribution in [3.05, 3.63) is 54.4 Å². The second kappa shape index (κ2) is 8.13. The summed E-state index contributed by atoms with van der Waals surface area (Å²) in [5.41, 5.74) is 1.76. The highest BCUT2D eigenvalue weighted by atomic mass is 19.3. The number of carbonyl (C=O) groups is 2. The van der Waals surface area contributed by atoms with Gasteiger partial charge in [0.15, 0.2) is 0 Å². The molecule has 0 radical (unpaired) electrons. The molecule has 1 aliphatic rings. The highest BCUT2D eigenvalue weighted by molar-refractivity contribution is 6.02. The highest BCUT2D eigenvalue weighted by Crippen LogP contribution is 2.31. The van der Waals surface area contributed by atoms with Crippen molar-refractivity contribution in [2.24, 2.45) is 0 Å². The van der Waals surface area contributed by atoms with Gasteiger partial charge in [-0.1, -0.05) is 30.3 Å². The van der Waals surface area contributed by atoms with Crippen LogP contribution in [0.2, 0.25) is 0 Å². The van der Waals surface area contributed by atoms with Gasteiger partial charge in [0.25, 0.3) is 11.8 Å². The first-order valence-electron chi connectivity index (χ1n) is 8.76. The van der Waals surface area contributed by atoms with Gasteiger partial charge in [0.1, 0.15) is 6.04 Å². The van der Waals surface area contributed by atoms with E-state index in [0.29, 0.717) is 11.1 Å². The van der Waals surface area contributed by atoms with Gasteiger partial charge in [-0.3, -0.25) is 14.6 Å². The number of amides is 2. The second-order valence-electron chi connectivity index (χ2n) is 6.51. The lowest BCUT2D eigenvalue weighted by Crippen LogP contribution is -2.51. The minimum Gasteiger partial charge on any atom is -0.343 e. The number of nitrogens with zero attached hydrogens (tertiary/aromatic N) is 3. The molecule has 2 aromatic rings. The van der Waals surface area contributed by atoms with Crippen LogP contribution in [0.25, 0.3) is 11.1 Å². The molecule has 0 aliphatic carbocycles. The number of aromatic nitrogens is 1. The van der Waals surface area contributed by atoms with Gasteiger partial charge < -0.3 is 10.2 Å². The highest BCUT2D eigenvalue weighted by Gasteiger charge is 2.42. The molecule has 28 heavy (non-hydrogen) atoms. The molecular weight excluding hydrogens is 366 g/mol. The summed E-state index contributed by atoms with van der Waals surface area (Å²) >= 11 is 0. The number of rotatable bonds is 4. The van der Waals surface area contributed by atoms with Crippen LogP contribution in [0.3, 0.4) is 0 Å². The lowest BCUT2D eigenvalue weighted by atomic mass is 9.99. The van der Waals surface area contributed by atoms with Crippen LogP contribution in [0.1, 0.15) is 23.2 Å². The Bertz CT molecular complexity index is 912. The van der Waals surface area contributed by atoms with Gasteiger partial charge >= 0.3 is 0 Å². The monoisotopic (exact) mass is 384 g/mol. The minimum absolute atomic E-state index is 0.218. The van der Waals surface area contributed by atoms with Crippen LogP contribution in [0, 0.1) is 11.3 Å². The van der Waals surface area contributed by atoms with E-state index >= 15 is 0 Å². The Labute approximate surface area is 160 Å². The predicted molar refractivity (Wildman–Crippen MR) is 97.3 cm³/mol. The van der Waals surface area contributed by atoms with Crippen molar-refractivity contribution in [2.75, 3.05) is 13.1 Å². The summed E-state index contributed by atoms with van der Waals surface area (Å²) in [7, 11) is 0. The molecule has 3 rings (SSSR count). The number of alkyl halides is 2. The van der Waals surface area contributed by atoms with Gasteiger partial charge in [-0.25, -0.2) is 8.78 Å². The average molecular weight is 384 g/mol. The minimum atomic E-state index is -2.96. The number of benzene rings is 1. The second-order valence-corrected chi connectivity index (χ2v) is 6.51. The van der Waals surface area contributed by atoms with Crippen molar-refractivity contribution in [2.45, 2.75) is 24.8 Å². The van der Waals surface area contributed by atoms with Crippen LogP contribution >= 0.6 is 0 Å². The van der Waals surface area contributed by atoms with Crippen LogP contribution in [0.5, 0.6) is 0 Å². The Morgan fingerprint density at radius 2 is 2.04 bits per heavy atom. The molecular formula is C20H18F2N4O2. The summed E-state index contributed by atoms with van der Waals surface area (Å²) < 4.78 is 26.9. The van der Waals surface area contributed by atoms with Crippen molar-refractivity contribution < 1.29 is 18.4 Å². The fourth-order valence-corrected chi connectivity index (χ4v) is 3.14. The van der Waals surface area contributed by atoms with E-state index in [-0.39, 0.29) is 13.1 Å². The zero-order valence-electron chi connectivity index (χ0n) is 14.9. The third kappa shape index (κ3) is 4.31. The summed E-state index contributed by atoms with van der Waals surface area (Å²) in [5, 5.41) is 11.6. The molecule has 0 bridgehead atoms. The summed E-state index contributed by atoms with van der Waals surface area (Å²) in [5.74, 6) is -4.00. The normalized spacial score (nSPS) is 18.2. The summed E-state index contributed by atoms with van der Waals surface area (Å²) in [6, 6.07) is 11.3. The maximum absolute atomic E-state index is 13.5. The molecule has 1 N–H and O–H groups in total. The molecule has 1 atom stereocenters. The molecule has 2 heterocycles. The van der Waals surface area contributed by atoms with Crippen molar-refractivity contribution >= 4 is 11.8 Å². The van der Waals surface area contributed by atoms with Crippen molar-refractivity contribution in [1.82, 2.24) is 15.2 Å². The van der Waals surface area contributed by atoms with Gasteiger partial charge in [-0.2, -0.15) is 5.26 Å². The van der Waals surface area contributed by atoms with E-state index in [4.69, 9.17) is 5.26 Å². The lowest BCUT2D eigenvalue weighted by molar-refractivity contribution is -0.139. The van der Waals surface area contributed by atoms with E-state index in [0.717, 1.165) is 10.5 Å². The number of nitriles is 1. The van der Waals surface area contributed by atoms with E-state index in [1.54, 1.807) is 18.3 Å². The molecule has 1 unspecified atom stereocenters. The standard InChI is InChI=1S/C20H18F2N4O2/c21-20(22)7-9-26(15(10-20)11-23)18(27)13-25-19(28)16-6-8-24-12-17(16)14-4-2-1-3-5-14/h1-6,8,12,15H,7,9-10,13H2,(H,25,28). The number of nitrogens with one attached hydrogen (secondary N) is 1. The molecule has 2 amide bonds. The third-order valence-electron chi connectivity index (χ3n) is 4.61. The first-order valence-corrected chi connectivity index (χ1v) is 8.76. The molecule has 0 spiro atoms. The van der Waals surface area contributed by atoms with Gasteiger partial charge in [-0.05, 0) is 11.6 Å². The van der Waals surface area contributed by atoms with E-state index in [1.807, 2.05) is 30.3 Å². The molecule has 1 aromatic heterocycles. The van der Waals surface area contributed by atoms with Crippen molar-refractivity contribution in [1.29, 1.82) is 5.26 Å². The Morgan fingerprint density at radius 1 is 1.29 bits per heavy atom. The number of piperidine rings is 1. The molecule has 144 valence electrons. The molecule has 0 saturated carbocycles. The number of hydrogen-bond acceptors (Lipinski definition) is 4.